The number of amides is 1. The number of piperidine rings is 1. The maximum Gasteiger partial charge on any atom is 0.259 e. The molecule has 0 saturated carbocycles. The van der Waals surface area contributed by atoms with Crippen molar-refractivity contribution in [1.82, 2.24) is 14.9 Å². The first-order valence-electron chi connectivity index (χ1n) is 11.4. The van der Waals surface area contributed by atoms with Crippen molar-refractivity contribution < 1.29 is 14.3 Å². The van der Waals surface area contributed by atoms with E-state index in [9.17, 15) is 9.59 Å². The molecule has 2 aromatic heterocycles. The third-order valence-corrected chi connectivity index (χ3v) is 7.91. The SMILES string of the molecule is O=C(c1ccc2c(c1)OCCO2)N1CCC[C@@H](c2nc3sc4c(c3c(=O)[nH]2)CCCC4)C1. The van der Waals surface area contributed by atoms with E-state index in [-0.39, 0.29) is 17.4 Å². The number of rotatable bonds is 2. The third-order valence-electron chi connectivity index (χ3n) is 6.73. The maximum absolute atomic E-state index is 13.2. The number of carbonyl (C=O) groups is 1. The van der Waals surface area contributed by atoms with Crippen LogP contribution in [-0.2, 0) is 12.8 Å². The van der Waals surface area contributed by atoms with Crippen LogP contribution in [0.15, 0.2) is 23.0 Å². The average molecular weight is 452 g/mol. The number of likely N-dealkylation sites (tertiary alicyclic amines) is 1. The molecule has 8 heteroatoms. The number of hydrogen-bond acceptors (Lipinski definition) is 6. The highest BCUT2D eigenvalue weighted by molar-refractivity contribution is 7.18. The topological polar surface area (TPSA) is 84.5 Å². The summed E-state index contributed by atoms with van der Waals surface area (Å²) in [5, 5.41) is 0.786. The number of ether oxygens (including phenoxy) is 2. The van der Waals surface area contributed by atoms with Crippen molar-refractivity contribution in [3.05, 3.63) is 50.4 Å². The van der Waals surface area contributed by atoms with Crippen LogP contribution in [0.3, 0.4) is 0 Å². The van der Waals surface area contributed by atoms with Gasteiger partial charge in [-0.15, -0.1) is 11.3 Å². The van der Waals surface area contributed by atoms with Gasteiger partial charge in [0, 0.05) is 29.4 Å². The molecule has 3 aromatic rings. The van der Waals surface area contributed by atoms with Crippen molar-refractivity contribution in [2.75, 3.05) is 26.3 Å². The Morgan fingerprint density at radius 3 is 2.88 bits per heavy atom. The Hall–Kier alpha value is -2.87. The number of hydrogen-bond donors (Lipinski definition) is 1. The summed E-state index contributed by atoms with van der Waals surface area (Å²) in [6, 6.07) is 5.36. The number of aryl methyl sites for hydroxylation is 2. The van der Waals surface area contributed by atoms with Crippen molar-refractivity contribution in [1.29, 1.82) is 0 Å². The number of nitrogens with one attached hydrogen (secondary N) is 1. The lowest BCUT2D eigenvalue weighted by molar-refractivity contribution is 0.0703. The molecule has 6 rings (SSSR count). The lowest BCUT2D eigenvalue weighted by Crippen LogP contribution is -2.40. The molecule has 0 spiro atoms. The van der Waals surface area contributed by atoms with Gasteiger partial charge in [0.05, 0.1) is 5.39 Å². The zero-order valence-electron chi connectivity index (χ0n) is 17.8. The molecule has 1 fully saturated rings. The molecule has 1 atom stereocenters. The van der Waals surface area contributed by atoms with E-state index in [0.717, 1.165) is 42.3 Å². The van der Waals surface area contributed by atoms with Crippen LogP contribution >= 0.6 is 11.3 Å². The van der Waals surface area contributed by atoms with Gasteiger partial charge in [0.25, 0.3) is 11.5 Å². The Balaban J connectivity index is 1.26. The van der Waals surface area contributed by atoms with Gasteiger partial charge in [-0.2, -0.15) is 0 Å². The Kier molecular flexibility index (Phi) is 4.90. The highest BCUT2D eigenvalue weighted by Crippen LogP contribution is 2.35. The average Bonchev–Trinajstić information content (AvgIpc) is 3.22. The fourth-order valence-corrected chi connectivity index (χ4v) is 6.39. The molecule has 1 amide bonds. The Bertz CT molecular complexity index is 1260. The summed E-state index contributed by atoms with van der Waals surface area (Å²) in [4.78, 5) is 38.1. The summed E-state index contributed by atoms with van der Waals surface area (Å²) in [6.45, 7) is 2.26. The maximum atomic E-state index is 13.2. The van der Waals surface area contributed by atoms with Crippen molar-refractivity contribution in [2.45, 2.75) is 44.4 Å². The zero-order valence-corrected chi connectivity index (χ0v) is 18.6. The Morgan fingerprint density at radius 2 is 1.97 bits per heavy atom. The van der Waals surface area contributed by atoms with Gasteiger partial charge in [0.1, 0.15) is 23.9 Å². The molecule has 0 radical (unpaired) electrons. The van der Waals surface area contributed by atoms with Crippen LogP contribution in [0, 0.1) is 0 Å². The normalized spacial score (nSPS) is 20.2. The molecule has 1 saturated heterocycles. The second kappa shape index (κ2) is 7.92. The summed E-state index contributed by atoms with van der Waals surface area (Å²) >= 11 is 1.67. The van der Waals surface area contributed by atoms with Gasteiger partial charge in [0.2, 0.25) is 0 Å². The first kappa shape index (κ1) is 19.8. The number of benzene rings is 1. The van der Waals surface area contributed by atoms with E-state index in [1.165, 1.54) is 16.9 Å². The van der Waals surface area contributed by atoms with Crippen LogP contribution in [-0.4, -0.2) is 47.1 Å². The molecule has 4 heterocycles. The highest BCUT2D eigenvalue weighted by Gasteiger charge is 2.29. The van der Waals surface area contributed by atoms with Crippen LogP contribution in [0.1, 0.15) is 58.2 Å². The predicted molar refractivity (Wildman–Crippen MR) is 122 cm³/mol. The lowest BCUT2D eigenvalue weighted by Gasteiger charge is -2.32. The molecular weight excluding hydrogens is 426 g/mol. The summed E-state index contributed by atoms with van der Waals surface area (Å²) < 4.78 is 11.2. The van der Waals surface area contributed by atoms with Gasteiger partial charge >= 0.3 is 0 Å². The summed E-state index contributed by atoms with van der Waals surface area (Å²) in [7, 11) is 0. The largest absolute Gasteiger partial charge is 0.486 e. The monoisotopic (exact) mass is 451 g/mol. The van der Waals surface area contributed by atoms with E-state index in [2.05, 4.69) is 4.98 Å². The second-order valence-corrected chi connectivity index (χ2v) is 9.87. The van der Waals surface area contributed by atoms with Crippen LogP contribution in [0.4, 0.5) is 0 Å². The fourth-order valence-electron chi connectivity index (χ4n) is 5.12. The van der Waals surface area contributed by atoms with Crippen LogP contribution in [0.2, 0.25) is 0 Å². The number of thiophene rings is 1. The zero-order chi connectivity index (χ0) is 21.7. The van der Waals surface area contributed by atoms with E-state index in [1.54, 1.807) is 29.5 Å². The van der Waals surface area contributed by atoms with Gasteiger partial charge in [-0.05, 0) is 62.3 Å². The number of nitrogens with zero attached hydrogens (tertiary/aromatic N) is 2. The second-order valence-electron chi connectivity index (χ2n) is 8.79. The summed E-state index contributed by atoms with van der Waals surface area (Å²) in [5.74, 6) is 2.01. The molecule has 0 bridgehead atoms. The Labute approximate surface area is 189 Å². The lowest BCUT2D eigenvalue weighted by atomic mass is 9.95. The quantitative estimate of drug-likeness (QED) is 0.643. The fraction of sp³-hybridized carbons (Fsp3) is 0.458. The van der Waals surface area contributed by atoms with Gasteiger partial charge in [-0.25, -0.2) is 4.98 Å². The number of aromatic amines is 1. The van der Waals surface area contributed by atoms with Gasteiger partial charge in [0.15, 0.2) is 11.5 Å². The predicted octanol–water partition coefficient (Wildman–Crippen LogP) is 3.65. The van der Waals surface area contributed by atoms with Crippen molar-refractivity contribution in [3.63, 3.8) is 0 Å². The van der Waals surface area contributed by atoms with E-state index in [1.807, 2.05) is 4.90 Å². The first-order valence-corrected chi connectivity index (χ1v) is 12.2. The van der Waals surface area contributed by atoms with Gasteiger partial charge < -0.3 is 19.4 Å². The molecule has 2 aliphatic heterocycles. The summed E-state index contributed by atoms with van der Waals surface area (Å²) in [5.41, 5.74) is 1.77. The van der Waals surface area contributed by atoms with E-state index < -0.39 is 0 Å². The van der Waals surface area contributed by atoms with Gasteiger partial charge in [-0.1, -0.05) is 0 Å². The molecular formula is C24H25N3O4S. The third kappa shape index (κ3) is 3.37. The molecule has 1 aliphatic carbocycles. The summed E-state index contributed by atoms with van der Waals surface area (Å²) in [6.07, 6.45) is 6.13. The molecule has 32 heavy (non-hydrogen) atoms. The van der Waals surface area contributed by atoms with E-state index in [4.69, 9.17) is 14.5 Å². The van der Waals surface area contributed by atoms with E-state index in [0.29, 0.717) is 49.2 Å². The minimum absolute atomic E-state index is 0.0262. The number of fused-ring (bicyclic) bond motifs is 4. The molecule has 1 aromatic carbocycles. The molecule has 166 valence electrons. The number of aromatic nitrogens is 2. The minimum Gasteiger partial charge on any atom is -0.486 e. The first-order chi connectivity index (χ1) is 15.7. The smallest absolute Gasteiger partial charge is 0.259 e. The van der Waals surface area contributed by atoms with Crippen LogP contribution in [0.5, 0.6) is 11.5 Å². The van der Waals surface area contributed by atoms with E-state index >= 15 is 0 Å². The number of carbonyl (C=O) groups excluding carboxylic acids is 1. The molecule has 7 nitrogen and oxygen atoms in total. The van der Waals surface area contributed by atoms with Crippen molar-refractivity contribution >= 4 is 27.5 Å². The van der Waals surface area contributed by atoms with Crippen LogP contribution in [0.25, 0.3) is 10.2 Å². The molecule has 1 N–H and O–H groups in total. The molecule has 0 unspecified atom stereocenters. The van der Waals surface area contributed by atoms with Crippen molar-refractivity contribution in [3.8, 4) is 11.5 Å². The highest BCUT2D eigenvalue weighted by atomic mass is 32.1. The standard InChI is InChI=1S/C24H25N3O4S/c28-22-20-16-5-1-2-6-19(16)32-23(20)26-21(25-22)15-4-3-9-27(13-15)24(29)14-7-8-17-18(12-14)31-11-10-30-17/h7-8,12,15H,1-6,9-11,13H2,(H,25,26,28)/t15-/m1/s1. The minimum atomic E-state index is -0.0281. The number of H-pyrrole nitrogens is 1. The molecule has 3 aliphatic rings. The van der Waals surface area contributed by atoms with Crippen molar-refractivity contribution in [2.24, 2.45) is 0 Å². The Morgan fingerprint density at radius 1 is 1.12 bits per heavy atom. The van der Waals surface area contributed by atoms with Gasteiger partial charge in [-0.3, -0.25) is 9.59 Å². The van der Waals surface area contributed by atoms with Crippen LogP contribution < -0.4 is 15.0 Å².